The number of anilines is 1. The van der Waals surface area contributed by atoms with Gasteiger partial charge in [0.05, 0.1) is 29.2 Å². The van der Waals surface area contributed by atoms with E-state index in [1.807, 2.05) is 13.0 Å². The molecular weight excluding hydrogens is 336 g/mol. The van der Waals surface area contributed by atoms with E-state index in [1.165, 1.54) is 0 Å². The third kappa shape index (κ3) is 3.42. The maximum Gasteiger partial charge on any atom is 0.307 e. The molecule has 2 rings (SSSR count). The van der Waals surface area contributed by atoms with Crippen LogP contribution in [0.15, 0.2) is 22.7 Å². The molecule has 0 bridgehead atoms. The second-order valence-electron chi connectivity index (χ2n) is 5.42. The van der Waals surface area contributed by atoms with Crippen LogP contribution in [0.1, 0.15) is 25.3 Å². The Hall–Kier alpha value is -1.87. The summed E-state index contributed by atoms with van der Waals surface area (Å²) in [4.78, 5) is 23.6. The maximum atomic E-state index is 12.3. The maximum absolute atomic E-state index is 12.3. The number of nitrogens with zero attached hydrogens (tertiary/aromatic N) is 1. The van der Waals surface area contributed by atoms with Gasteiger partial charge in [-0.2, -0.15) is 5.26 Å². The second kappa shape index (κ2) is 6.27. The van der Waals surface area contributed by atoms with E-state index in [9.17, 15) is 14.7 Å². The number of carbonyl (C=O) groups excluding carboxylic acids is 1. The molecule has 0 spiro atoms. The van der Waals surface area contributed by atoms with Gasteiger partial charge in [0.15, 0.2) is 0 Å². The summed E-state index contributed by atoms with van der Waals surface area (Å²) in [7, 11) is 0. The van der Waals surface area contributed by atoms with Crippen molar-refractivity contribution >= 4 is 33.5 Å². The lowest BCUT2D eigenvalue weighted by molar-refractivity contribution is -0.145. The highest BCUT2D eigenvalue weighted by Gasteiger charge is 2.41. The van der Waals surface area contributed by atoms with Crippen molar-refractivity contribution in [2.24, 2.45) is 17.8 Å². The number of carboxylic acid groups (broad SMARTS) is 1. The largest absolute Gasteiger partial charge is 0.481 e. The number of carbonyl (C=O) groups is 2. The Bertz CT molecular complexity index is 624. The number of nitrogens with one attached hydrogen (secondary N) is 1. The van der Waals surface area contributed by atoms with E-state index in [2.05, 4.69) is 21.2 Å². The lowest BCUT2D eigenvalue weighted by Crippen LogP contribution is -2.30. The number of amides is 1. The summed E-state index contributed by atoms with van der Waals surface area (Å²) >= 11 is 3.30. The van der Waals surface area contributed by atoms with Gasteiger partial charge in [-0.25, -0.2) is 0 Å². The molecule has 1 aromatic carbocycles. The molecule has 1 amide bonds. The number of hydrogen-bond acceptors (Lipinski definition) is 3. The second-order valence-corrected chi connectivity index (χ2v) is 6.28. The summed E-state index contributed by atoms with van der Waals surface area (Å²) in [6, 6.07) is 6.86. The van der Waals surface area contributed by atoms with Crippen LogP contribution in [0, 0.1) is 29.1 Å². The Morgan fingerprint density at radius 3 is 2.62 bits per heavy atom. The fourth-order valence-electron chi connectivity index (χ4n) is 2.77. The van der Waals surface area contributed by atoms with E-state index in [0.29, 0.717) is 28.6 Å². The minimum atomic E-state index is -0.918. The van der Waals surface area contributed by atoms with Crippen LogP contribution in [-0.4, -0.2) is 17.0 Å². The molecule has 1 aliphatic carbocycles. The van der Waals surface area contributed by atoms with E-state index in [-0.39, 0.29) is 11.8 Å². The van der Waals surface area contributed by atoms with Crippen LogP contribution >= 0.6 is 15.9 Å². The average Bonchev–Trinajstić information content (AvgIpc) is 2.83. The zero-order valence-corrected chi connectivity index (χ0v) is 13.1. The highest BCUT2D eigenvalue weighted by Crippen LogP contribution is 2.37. The molecule has 3 atom stereocenters. The molecule has 1 fully saturated rings. The fourth-order valence-corrected chi connectivity index (χ4v) is 3.24. The molecule has 0 radical (unpaired) electrons. The first-order valence-corrected chi connectivity index (χ1v) is 7.45. The number of aliphatic carboxylic acids is 1. The Balaban J connectivity index is 2.14. The third-order valence-electron chi connectivity index (χ3n) is 3.81. The van der Waals surface area contributed by atoms with Crippen LogP contribution in [-0.2, 0) is 9.59 Å². The monoisotopic (exact) mass is 350 g/mol. The van der Waals surface area contributed by atoms with Crippen LogP contribution in [0.25, 0.3) is 0 Å². The fraction of sp³-hybridized carbons (Fsp3) is 0.400. The van der Waals surface area contributed by atoms with Crippen molar-refractivity contribution in [1.82, 2.24) is 0 Å². The molecule has 0 aromatic heterocycles. The van der Waals surface area contributed by atoms with Crippen LogP contribution < -0.4 is 5.32 Å². The van der Waals surface area contributed by atoms with Crippen LogP contribution in [0.2, 0.25) is 0 Å². The van der Waals surface area contributed by atoms with Crippen molar-refractivity contribution in [3.63, 3.8) is 0 Å². The van der Waals surface area contributed by atoms with Gasteiger partial charge in [-0.15, -0.1) is 0 Å². The molecule has 2 N–H and O–H groups in total. The van der Waals surface area contributed by atoms with Crippen molar-refractivity contribution < 1.29 is 14.7 Å². The van der Waals surface area contributed by atoms with Crippen molar-refractivity contribution in [2.45, 2.75) is 19.8 Å². The first-order chi connectivity index (χ1) is 9.92. The van der Waals surface area contributed by atoms with Gasteiger partial charge in [0.2, 0.25) is 5.91 Å². The average molecular weight is 351 g/mol. The summed E-state index contributed by atoms with van der Waals surface area (Å²) in [5, 5.41) is 20.8. The molecule has 0 heterocycles. The van der Waals surface area contributed by atoms with Crippen LogP contribution in [0.4, 0.5) is 5.69 Å². The number of hydrogen-bond donors (Lipinski definition) is 2. The molecule has 110 valence electrons. The number of benzene rings is 1. The van der Waals surface area contributed by atoms with Crippen molar-refractivity contribution in [3.8, 4) is 6.07 Å². The molecule has 1 aliphatic rings. The van der Waals surface area contributed by atoms with Crippen LogP contribution in [0.3, 0.4) is 0 Å². The normalized spacial score (nSPS) is 24.3. The zero-order chi connectivity index (χ0) is 15.6. The summed E-state index contributed by atoms with van der Waals surface area (Å²) < 4.78 is 0.604. The molecular formula is C15H15BrN2O3. The van der Waals surface area contributed by atoms with Crippen molar-refractivity contribution in [1.29, 1.82) is 5.26 Å². The lowest BCUT2D eigenvalue weighted by atomic mass is 9.95. The Morgan fingerprint density at radius 1 is 1.38 bits per heavy atom. The summed E-state index contributed by atoms with van der Waals surface area (Å²) in [5.41, 5.74) is 1.03. The van der Waals surface area contributed by atoms with Crippen molar-refractivity contribution in [2.75, 3.05) is 5.32 Å². The number of nitriles is 1. The molecule has 1 saturated carbocycles. The SMILES string of the molecule is CC1C[C@H](C(=O)Nc2ccc(C#N)cc2Br)[C@H](C(=O)O)C1. The predicted molar refractivity (Wildman–Crippen MR) is 80.5 cm³/mol. The highest BCUT2D eigenvalue weighted by atomic mass is 79.9. The standard InChI is InChI=1S/C15H15BrN2O3/c1-8-4-10(11(5-8)15(20)21)14(19)18-13-3-2-9(7-17)6-12(13)16/h2-3,6,8,10-11H,4-5H2,1H3,(H,18,19)(H,20,21)/t8?,10-,11+/m0/s1. The van der Waals surface area contributed by atoms with E-state index < -0.39 is 17.8 Å². The van der Waals surface area contributed by atoms with Gasteiger partial charge in [-0.1, -0.05) is 6.92 Å². The van der Waals surface area contributed by atoms with Crippen molar-refractivity contribution in [3.05, 3.63) is 28.2 Å². The topological polar surface area (TPSA) is 90.2 Å². The van der Waals surface area contributed by atoms with Gasteiger partial charge < -0.3 is 10.4 Å². The van der Waals surface area contributed by atoms with Gasteiger partial charge in [0.1, 0.15) is 0 Å². The Kier molecular flexibility index (Phi) is 4.63. The quantitative estimate of drug-likeness (QED) is 0.876. The summed E-state index contributed by atoms with van der Waals surface area (Å²) in [6.45, 7) is 1.96. The third-order valence-corrected chi connectivity index (χ3v) is 4.46. The van der Waals surface area contributed by atoms with E-state index in [0.717, 1.165) is 0 Å². The summed E-state index contributed by atoms with van der Waals surface area (Å²) in [5.74, 6) is -2.11. The van der Waals surface area contributed by atoms with E-state index in [1.54, 1.807) is 18.2 Å². The van der Waals surface area contributed by atoms with Gasteiger partial charge in [-0.3, -0.25) is 9.59 Å². The van der Waals surface area contributed by atoms with E-state index >= 15 is 0 Å². The number of rotatable bonds is 3. The Labute approximate surface area is 131 Å². The van der Waals surface area contributed by atoms with Crippen LogP contribution in [0.5, 0.6) is 0 Å². The first-order valence-electron chi connectivity index (χ1n) is 6.65. The molecule has 5 nitrogen and oxygen atoms in total. The minimum Gasteiger partial charge on any atom is -0.481 e. The highest BCUT2D eigenvalue weighted by molar-refractivity contribution is 9.10. The molecule has 6 heteroatoms. The van der Waals surface area contributed by atoms with Gasteiger partial charge in [0, 0.05) is 4.47 Å². The smallest absolute Gasteiger partial charge is 0.307 e. The first kappa shape index (κ1) is 15.5. The molecule has 1 aromatic rings. The van der Waals surface area contributed by atoms with E-state index in [4.69, 9.17) is 5.26 Å². The number of carboxylic acids is 1. The Morgan fingerprint density at radius 2 is 2.05 bits per heavy atom. The molecule has 0 aliphatic heterocycles. The zero-order valence-electron chi connectivity index (χ0n) is 11.5. The predicted octanol–water partition coefficient (Wildman–Crippen LogP) is 3.01. The summed E-state index contributed by atoms with van der Waals surface area (Å²) in [6.07, 6.45) is 1.11. The van der Waals surface area contributed by atoms with Gasteiger partial charge in [-0.05, 0) is 52.9 Å². The van der Waals surface area contributed by atoms with Gasteiger partial charge >= 0.3 is 5.97 Å². The molecule has 0 saturated heterocycles. The number of halogens is 1. The lowest BCUT2D eigenvalue weighted by Gasteiger charge is -2.16. The minimum absolute atomic E-state index is 0.228. The molecule has 1 unspecified atom stereocenters. The molecule has 21 heavy (non-hydrogen) atoms. The van der Waals surface area contributed by atoms with Gasteiger partial charge in [0.25, 0.3) is 0 Å².